The lowest BCUT2D eigenvalue weighted by atomic mass is 10.0. The third kappa shape index (κ3) is 25.2. The van der Waals surface area contributed by atoms with Crippen LogP contribution in [0.2, 0.25) is 0 Å². The SMILES string of the molecule is CCCCCC/C=C/CCCCCCCCCCCCCCCC[N+](CCC(C)C(=O)O)(CCC(C)C(=O)O)CCC(C)C(=O)O. The first-order valence-corrected chi connectivity index (χ1v) is 19.2. The standard InChI is InChI=1S/C39H73NO6/c1-5-6-7-8-9-10-11-12-13-14-15-16-17-18-19-20-21-22-23-24-25-26-30-40(31-27-34(2)37(41)42,32-28-35(3)38(43)44)33-29-36(4)39(45)46/h10-11,34-36H,5-9,12-33H2,1-4H3,(H2-,41,42,43,44,45,46)/p+1/b11-10+. The van der Waals surface area contributed by atoms with Crippen LogP contribution in [0.25, 0.3) is 0 Å². The number of hydrogen-bond acceptors (Lipinski definition) is 3. The summed E-state index contributed by atoms with van der Waals surface area (Å²) in [5, 5.41) is 28.4. The zero-order valence-electron chi connectivity index (χ0n) is 30.5. The molecule has 7 heteroatoms. The summed E-state index contributed by atoms with van der Waals surface area (Å²) in [6.07, 6.45) is 32.2. The maximum absolute atomic E-state index is 11.5. The quantitative estimate of drug-likeness (QED) is 0.0362. The molecule has 0 radical (unpaired) electrons. The van der Waals surface area contributed by atoms with Crippen LogP contribution < -0.4 is 0 Å². The Morgan fingerprint density at radius 2 is 0.739 bits per heavy atom. The predicted molar refractivity (Wildman–Crippen MR) is 191 cm³/mol. The molecule has 46 heavy (non-hydrogen) atoms. The summed E-state index contributed by atoms with van der Waals surface area (Å²) in [6.45, 7) is 10.2. The Bertz CT molecular complexity index is 738. The third-order valence-corrected chi connectivity index (χ3v) is 10.0. The molecule has 0 saturated carbocycles. The zero-order chi connectivity index (χ0) is 34.5. The number of aliphatic carboxylic acids is 3. The van der Waals surface area contributed by atoms with Gasteiger partial charge in [-0.25, -0.2) is 0 Å². The maximum atomic E-state index is 11.5. The average molecular weight is 653 g/mol. The minimum atomic E-state index is -0.821. The number of rotatable bonds is 34. The summed E-state index contributed by atoms with van der Waals surface area (Å²) in [4.78, 5) is 34.6. The van der Waals surface area contributed by atoms with E-state index in [2.05, 4.69) is 19.1 Å². The average Bonchev–Trinajstić information content (AvgIpc) is 3.03. The Hall–Kier alpha value is -1.89. The monoisotopic (exact) mass is 653 g/mol. The molecular weight excluding hydrogens is 578 g/mol. The summed E-state index contributed by atoms with van der Waals surface area (Å²) in [5.41, 5.74) is 0. The van der Waals surface area contributed by atoms with Gasteiger partial charge in [-0.3, -0.25) is 14.4 Å². The summed E-state index contributed by atoms with van der Waals surface area (Å²) in [5.74, 6) is -3.90. The molecule has 270 valence electrons. The van der Waals surface area contributed by atoms with Crippen molar-refractivity contribution in [3.63, 3.8) is 0 Å². The highest BCUT2D eigenvalue weighted by Crippen LogP contribution is 2.22. The normalized spacial score (nSPS) is 15.0. The number of carboxylic acids is 3. The minimum Gasteiger partial charge on any atom is -0.481 e. The van der Waals surface area contributed by atoms with Gasteiger partial charge in [-0.05, 0) is 38.5 Å². The zero-order valence-corrected chi connectivity index (χ0v) is 30.5. The Labute approximate surface area is 283 Å². The van der Waals surface area contributed by atoms with Crippen LogP contribution in [-0.4, -0.2) is 63.9 Å². The molecule has 0 aromatic rings. The number of unbranched alkanes of at least 4 members (excludes halogenated alkanes) is 18. The fourth-order valence-electron chi connectivity index (χ4n) is 6.20. The number of nitrogens with zero attached hydrogens (tertiary/aromatic N) is 1. The van der Waals surface area contributed by atoms with Crippen LogP contribution >= 0.6 is 0 Å². The van der Waals surface area contributed by atoms with Crippen molar-refractivity contribution in [1.82, 2.24) is 0 Å². The van der Waals surface area contributed by atoms with Crippen molar-refractivity contribution >= 4 is 17.9 Å². The lowest BCUT2D eigenvalue weighted by Crippen LogP contribution is -2.52. The van der Waals surface area contributed by atoms with E-state index in [-0.39, 0.29) is 0 Å². The summed E-state index contributed by atoms with van der Waals surface area (Å²) in [6, 6.07) is 0. The van der Waals surface area contributed by atoms with Gasteiger partial charge < -0.3 is 19.8 Å². The second-order valence-electron chi connectivity index (χ2n) is 14.4. The van der Waals surface area contributed by atoms with E-state index in [1.54, 1.807) is 20.8 Å². The van der Waals surface area contributed by atoms with Crippen LogP contribution in [0, 0.1) is 17.8 Å². The second kappa shape index (κ2) is 29.3. The molecule has 7 nitrogen and oxygen atoms in total. The molecule has 3 atom stereocenters. The van der Waals surface area contributed by atoms with E-state index in [0.29, 0.717) is 43.4 Å². The number of allylic oxidation sites excluding steroid dienone is 2. The van der Waals surface area contributed by atoms with Crippen molar-refractivity contribution in [3.05, 3.63) is 12.2 Å². The molecule has 0 heterocycles. The van der Waals surface area contributed by atoms with Crippen molar-refractivity contribution in [2.45, 2.75) is 175 Å². The van der Waals surface area contributed by atoms with Crippen molar-refractivity contribution in [3.8, 4) is 0 Å². The van der Waals surface area contributed by atoms with Crippen LogP contribution in [0.3, 0.4) is 0 Å². The fraction of sp³-hybridized carbons (Fsp3) is 0.872. The van der Waals surface area contributed by atoms with Crippen LogP contribution in [0.15, 0.2) is 12.2 Å². The van der Waals surface area contributed by atoms with Gasteiger partial charge in [0.15, 0.2) is 0 Å². The van der Waals surface area contributed by atoms with E-state index in [1.807, 2.05) is 0 Å². The van der Waals surface area contributed by atoms with Crippen molar-refractivity contribution in [2.24, 2.45) is 17.8 Å². The van der Waals surface area contributed by atoms with E-state index in [4.69, 9.17) is 0 Å². The number of quaternary nitrogens is 1. The largest absolute Gasteiger partial charge is 0.481 e. The minimum absolute atomic E-state index is 0.478. The van der Waals surface area contributed by atoms with Gasteiger partial charge in [0.05, 0.1) is 43.9 Å². The van der Waals surface area contributed by atoms with Gasteiger partial charge in [-0.15, -0.1) is 0 Å². The van der Waals surface area contributed by atoms with Crippen molar-refractivity contribution < 1.29 is 34.2 Å². The first kappa shape index (κ1) is 44.1. The van der Waals surface area contributed by atoms with Crippen molar-refractivity contribution in [1.29, 1.82) is 0 Å². The molecule has 0 aliphatic heterocycles. The van der Waals surface area contributed by atoms with Gasteiger partial charge >= 0.3 is 17.9 Å². The molecular formula is C39H74NO6+. The van der Waals surface area contributed by atoms with E-state index in [1.165, 1.54) is 116 Å². The molecule has 3 N–H and O–H groups in total. The van der Waals surface area contributed by atoms with E-state index >= 15 is 0 Å². The highest BCUT2D eigenvalue weighted by atomic mass is 16.4. The lowest BCUT2D eigenvalue weighted by molar-refractivity contribution is -0.929. The van der Waals surface area contributed by atoms with Gasteiger partial charge in [0, 0.05) is 19.3 Å². The van der Waals surface area contributed by atoms with Gasteiger partial charge in [-0.2, -0.15) is 0 Å². The molecule has 0 rings (SSSR count). The fourth-order valence-corrected chi connectivity index (χ4v) is 6.20. The Morgan fingerprint density at radius 1 is 0.457 bits per heavy atom. The molecule has 0 fully saturated rings. The lowest BCUT2D eigenvalue weighted by Gasteiger charge is -2.40. The Morgan fingerprint density at radius 3 is 1.04 bits per heavy atom. The molecule has 0 aliphatic rings. The highest BCUT2D eigenvalue weighted by molar-refractivity contribution is 5.70. The van der Waals surface area contributed by atoms with Gasteiger partial charge in [-0.1, -0.05) is 130 Å². The highest BCUT2D eigenvalue weighted by Gasteiger charge is 2.31. The van der Waals surface area contributed by atoms with Crippen LogP contribution in [0.4, 0.5) is 0 Å². The van der Waals surface area contributed by atoms with E-state index in [9.17, 15) is 29.7 Å². The smallest absolute Gasteiger partial charge is 0.306 e. The molecule has 0 saturated heterocycles. The van der Waals surface area contributed by atoms with Crippen LogP contribution in [0.5, 0.6) is 0 Å². The molecule has 0 amide bonds. The third-order valence-electron chi connectivity index (χ3n) is 10.0. The van der Waals surface area contributed by atoms with Crippen molar-refractivity contribution in [2.75, 3.05) is 26.2 Å². The Kier molecular flexibility index (Phi) is 28.1. The number of carbonyl (C=O) groups is 3. The molecule has 0 aromatic heterocycles. The molecule has 0 spiro atoms. The second-order valence-corrected chi connectivity index (χ2v) is 14.4. The molecule has 0 aromatic carbocycles. The first-order valence-electron chi connectivity index (χ1n) is 19.2. The Balaban J connectivity index is 4.28. The number of carboxylic acid groups (broad SMARTS) is 3. The summed E-state index contributed by atoms with van der Waals surface area (Å²) < 4.78 is 0.614. The van der Waals surface area contributed by atoms with Crippen LogP contribution in [-0.2, 0) is 14.4 Å². The summed E-state index contributed by atoms with van der Waals surface area (Å²) >= 11 is 0. The summed E-state index contributed by atoms with van der Waals surface area (Å²) in [7, 11) is 0. The maximum Gasteiger partial charge on any atom is 0.306 e. The van der Waals surface area contributed by atoms with Gasteiger partial charge in [0.1, 0.15) is 0 Å². The van der Waals surface area contributed by atoms with E-state index in [0.717, 1.165) is 19.4 Å². The van der Waals surface area contributed by atoms with Crippen LogP contribution in [0.1, 0.15) is 175 Å². The molecule has 3 unspecified atom stereocenters. The number of hydrogen-bond donors (Lipinski definition) is 3. The van der Waals surface area contributed by atoms with Gasteiger partial charge in [0.2, 0.25) is 0 Å². The molecule has 0 aliphatic carbocycles. The topological polar surface area (TPSA) is 112 Å². The molecule has 0 bridgehead atoms. The first-order chi connectivity index (χ1) is 22.0. The predicted octanol–water partition coefficient (Wildman–Crippen LogP) is 10.5. The van der Waals surface area contributed by atoms with E-state index < -0.39 is 35.7 Å². The van der Waals surface area contributed by atoms with Gasteiger partial charge in [0.25, 0.3) is 0 Å².